The third-order valence-corrected chi connectivity index (χ3v) is 3.95. The lowest BCUT2D eigenvalue weighted by atomic mass is 10.1. The number of rotatable bonds is 4. The highest BCUT2D eigenvalue weighted by molar-refractivity contribution is 5.57. The van der Waals surface area contributed by atoms with Crippen molar-refractivity contribution in [3.63, 3.8) is 0 Å². The summed E-state index contributed by atoms with van der Waals surface area (Å²) in [5.74, 6) is 1.29. The van der Waals surface area contributed by atoms with Gasteiger partial charge in [-0.3, -0.25) is 0 Å². The van der Waals surface area contributed by atoms with Gasteiger partial charge < -0.3 is 9.64 Å². The van der Waals surface area contributed by atoms with E-state index < -0.39 is 0 Å². The fourth-order valence-corrected chi connectivity index (χ4v) is 2.51. The first kappa shape index (κ1) is 15.7. The number of nitriles is 1. The standard InChI is InChI=1S/C16H24N4O/c1-11(2)10-21-14-5-7-20(8-6-14)16-15(9-17)12(3)13(4)18-19-16/h11,14H,5-8,10H2,1-4H3. The van der Waals surface area contributed by atoms with Crippen LogP contribution in [0, 0.1) is 31.1 Å². The van der Waals surface area contributed by atoms with Crippen LogP contribution < -0.4 is 4.90 Å². The lowest BCUT2D eigenvalue weighted by molar-refractivity contribution is 0.0214. The molecule has 0 N–H and O–H groups in total. The van der Waals surface area contributed by atoms with Gasteiger partial charge in [0.15, 0.2) is 5.82 Å². The van der Waals surface area contributed by atoms with Crippen LogP contribution in [0.1, 0.15) is 43.5 Å². The van der Waals surface area contributed by atoms with Crippen LogP contribution >= 0.6 is 0 Å². The quantitative estimate of drug-likeness (QED) is 0.852. The summed E-state index contributed by atoms with van der Waals surface area (Å²) in [5.41, 5.74) is 2.41. The molecule has 0 unspecified atom stereocenters. The van der Waals surface area contributed by atoms with E-state index in [1.807, 2.05) is 13.8 Å². The van der Waals surface area contributed by atoms with E-state index in [1.165, 1.54) is 0 Å². The minimum absolute atomic E-state index is 0.327. The smallest absolute Gasteiger partial charge is 0.169 e. The molecule has 5 nitrogen and oxygen atoms in total. The summed E-state index contributed by atoms with van der Waals surface area (Å²) in [6, 6.07) is 2.28. The maximum Gasteiger partial charge on any atom is 0.169 e. The summed E-state index contributed by atoms with van der Waals surface area (Å²) in [6.45, 7) is 10.7. The van der Waals surface area contributed by atoms with Gasteiger partial charge in [-0.2, -0.15) is 10.4 Å². The minimum Gasteiger partial charge on any atom is -0.378 e. The van der Waals surface area contributed by atoms with E-state index in [2.05, 4.69) is 35.0 Å². The lowest BCUT2D eigenvalue weighted by Crippen LogP contribution is -2.38. The molecule has 2 rings (SSSR count). The first-order valence-corrected chi connectivity index (χ1v) is 7.63. The van der Waals surface area contributed by atoms with Crippen molar-refractivity contribution < 1.29 is 4.74 Å². The van der Waals surface area contributed by atoms with Crippen LogP contribution in [-0.2, 0) is 4.74 Å². The number of aromatic nitrogens is 2. The third-order valence-electron chi connectivity index (χ3n) is 3.95. The highest BCUT2D eigenvalue weighted by atomic mass is 16.5. The van der Waals surface area contributed by atoms with Crippen LogP contribution in [0.4, 0.5) is 5.82 Å². The molecule has 0 saturated carbocycles. The third kappa shape index (κ3) is 3.70. The summed E-state index contributed by atoms with van der Waals surface area (Å²) >= 11 is 0. The fraction of sp³-hybridized carbons (Fsp3) is 0.688. The Morgan fingerprint density at radius 2 is 1.95 bits per heavy atom. The Bertz CT molecular complexity index is 528. The monoisotopic (exact) mass is 288 g/mol. The molecular weight excluding hydrogens is 264 g/mol. The number of aryl methyl sites for hydroxylation is 1. The van der Waals surface area contributed by atoms with Gasteiger partial charge in [0.25, 0.3) is 0 Å². The maximum absolute atomic E-state index is 9.38. The van der Waals surface area contributed by atoms with Crippen molar-refractivity contribution >= 4 is 5.82 Å². The molecule has 0 amide bonds. The predicted molar refractivity (Wildman–Crippen MR) is 82.2 cm³/mol. The SMILES string of the molecule is Cc1nnc(N2CCC(OCC(C)C)CC2)c(C#N)c1C. The number of ether oxygens (including phenoxy) is 1. The van der Waals surface area contributed by atoms with E-state index >= 15 is 0 Å². The molecular formula is C16H24N4O. The van der Waals surface area contributed by atoms with Crippen LogP contribution in [0.3, 0.4) is 0 Å². The topological polar surface area (TPSA) is 62.0 Å². The van der Waals surface area contributed by atoms with Crippen molar-refractivity contribution in [1.82, 2.24) is 10.2 Å². The van der Waals surface area contributed by atoms with Crippen LogP contribution in [0.25, 0.3) is 0 Å². The summed E-state index contributed by atoms with van der Waals surface area (Å²) in [4.78, 5) is 2.16. The minimum atomic E-state index is 0.327. The van der Waals surface area contributed by atoms with Crippen LogP contribution in [0.5, 0.6) is 0 Å². The number of anilines is 1. The fourth-order valence-electron chi connectivity index (χ4n) is 2.51. The van der Waals surface area contributed by atoms with Gasteiger partial charge in [-0.25, -0.2) is 0 Å². The molecule has 21 heavy (non-hydrogen) atoms. The zero-order chi connectivity index (χ0) is 15.4. The summed E-state index contributed by atoms with van der Waals surface area (Å²) in [5, 5.41) is 17.8. The molecule has 1 fully saturated rings. The van der Waals surface area contributed by atoms with Crippen molar-refractivity contribution in [3.8, 4) is 6.07 Å². The van der Waals surface area contributed by atoms with Gasteiger partial charge >= 0.3 is 0 Å². The van der Waals surface area contributed by atoms with Crippen molar-refractivity contribution in [2.24, 2.45) is 5.92 Å². The molecule has 2 heterocycles. The Kier molecular flexibility index (Phi) is 5.13. The Balaban J connectivity index is 2.03. The first-order chi connectivity index (χ1) is 10.0. The zero-order valence-electron chi connectivity index (χ0n) is 13.4. The highest BCUT2D eigenvalue weighted by Crippen LogP contribution is 2.25. The molecule has 0 radical (unpaired) electrons. The average Bonchev–Trinajstić information content (AvgIpc) is 2.48. The van der Waals surface area contributed by atoms with E-state index in [1.54, 1.807) is 0 Å². The molecule has 0 atom stereocenters. The molecule has 5 heteroatoms. The zero-order valence-corrected chi connectivity index (χ0v) is 13.4. The van der Waals surface area contributed by atoms with Crippen molar-refractivity contribution in [2.75, 3.05) is 24.6 Å². The van der Waals surface area contributed by atoms with Gasteiger partial charge in [0.05, 0.1) is 11.8 Å². The molecule has 0 aromatic carbocycles. The Labute approximate surface area is 126 Å². The van der Waals surface area contributed by atoms with Crippen LogP contribution in [-0.4, -0.2) is 36.0 Å². The van der Waals surface area contributed by atoms with E-state index in [0.717, 1.165) is 49.6 Å². The van der Waals surface area contributed by atoms with E-state index in [0.29, 0.717) is 17.6 Å². The molecule has 0 aliphatic carbocycles. The molecule has 1 aromatic rings. The Hall–Kier alpha value is -1.67. The molecule has 0 spiro atoms. The molecule has 1 aromatic heterocycles. The van der Waals surface area contributed by atoms with Crippen molar-refractivity contribution in [1.29, 1.82) is 5.26 Å². The van der Waals surface area contributed by atoms with E-state index in [-0.39, 0.29) is 0 Å². The first-order valence-electron chi connectivity index (χ1n) is 7.63. The second-order valence-electron chi connectivity index (χ2n) is 6.13. The van der Waals surface area contributed by atoms with Gasteiger partial charge in [-0.1, -0.05) is 13.8 Å². The lowest BCUT2D eigenvalue weighted by Gasteiger charge is -2.33. The molecule has 0 bridgehead atoms. The number of nitrogens with zero attached hydrogens (tertiary/aromatic N) is 4. The normalized spacial score (nSPS) is 16.3. The Morgan fingerprint density at radius 1 is 1.29 bits per heavy atom. The van der Waals surface area contributed by atoms with Gasteiger partial charge in [-0.15, -0.1) is 5.10 Å². The van der Waals surface area contributed by atoms with E-state index in [9.17, 15) is 5.26 Å². The highest BCUT2D eigenvalue weighted by Gasteiger charge is 2.24. The summed E-state index contributed by atoms with van der Waals surface area (Å²) < 4.78 is 5.90. The average molecular weight is 288 g/mol. The number of hydrogen-bond donors (Lipinski definition) is 0. The van der Waals surface area contributed by atoms with Crippen molar-refractivity contribution in [3.05, 3.63) is 16.8 Å². The second kappa shape index (κ2) is 6.86. The number of hydrogen-bond acceptors (Lipinski definition) is 5. The Morgan fingerprint density at radius 3 is 2.52 bits per heavy atom. The molecule has 1 aliphatic heterocycles. The molecule has 1 saturated heterocycles. The number of piperidine rings is 1. The summed E-state index contributed by atoms with van der Waals surface area (Å²) in [6.07, 6.45) is 2.28. The largest absolute Gasteiger partial charge is 0.378 e. The van der Waals surface area contributed by atoms with Crippen LogP contribution in [0.2, 0.25) is 0 Å². The maximum atomic E-state index is 9.38. The van der Waals surface area contributed by atoms with Gasteiger partial charge in [0.1, 0.15) is 11.6 Å². The van der Waals surface area contributed by atoms with Gasteiger partial charge in [-0.05, 0) is 38.2 Å². The molecule has 1 aliphatic rings. The van der Waals surface area contributed by atoms with E-state index in [4.69, 9.17) is 4.74 Å². The van der Waals surface area contributed by atoms with Crippen molar-refractivity contribution in [2.45, 2.75) is 46.6 Å². The van der Waals surface area contributed by atoms with Gasteiger partial charge in [0, 0.05) is 19.7 Å². The molecule has 114 valence electrons. The van der Waals surface area contributed by atoms with Gasteiger partial charge in [0.2, 0.25) is 0 Å². The summed E-state index contributed by atoms with van der Waals surface area (Å²) in [7, 11) is 0. The second-order valence-corrected chi connectivity index (χ2v) is 6.13. The van der Waals surface area contributed by atoms with Crippen LogP contribution in [0.15, 0.2) is 0 Å². The predicted octanol–water partition coefficient (Wildman–Crippen LogP) is 2.61.